The summed E-state index contributed by atoms with van der Waals surface area (Å²) in [6.07, 6.45) is 0. The summed E-state index contributed by atoms with van der Waals surface area (Å²) < 4.78 is 0. The van der Waals surface area contributed by atoms with E-state index in [-0.39, 0.29) is 12.4 Å². The minimum Gasteiger partial charge on any atom is -0.307 e. The predicted octanol–water partition coefficient (Wildman–Crippen LogP) is 2.47. The Balaban J connectivity index is 0.00000144. The second-order valence-corrected chi connectivity index (χ2v) is 3.78. The first-order chi connectivity index (χ1) is 7.70. The van der Waals surface area contributed by atoms with Crippen LogP contribution in [0.15, 0.2) is 30.3 Å². The zero-order valence-corrected chi connectivity index (χ0v) is 10.6. The van der Waals surface area contributed by atoms with Crippen LogP contribution in [0.2, 0.25) is 0 Å². The van der Waals surface area contributed by atoms with Crippen molar-refractivity contribution in [2.75, 3.05) is 5.43 Å². The van der Waals surface area contributed by atoms with Crippen LogP contribution in [-0.2, 0) is 0 Å². The van der Waals surface area contributed by atoms with Crippen molar-refractivity contribution >= 4 is 18.2 Å². The molecule has 3 N–H and O–H groups in total. The number of hydrogen-bond acceptors (Lipinski definition) is 4. The Morgan fingerprint density at radius 2 is 1.88 bits per heavy atom. The van der Waals surface area contributed by atoms with E-state index in [2.05, 4.69) is 34.7 Å². The molecule has 0 atom stereocenters. The second kappa shape index (κ2) is 5.61. The maximum atomic E-state index is 5.31. The number of halogens is 1. The third-order valence-electron chi connectivity index (χ3n) is 2.44. The quantitative estimate of drug-likeness (QED) is 0.635. The number of nitrogens with two attached hydrogens (primary N) is 1. The molecule has 1 aromatic carbocycles. The monoisotopic (exact) mass is 250 g/mol. The largest absolute Gasteiger partial charge is 0.307 e. The van der Waals surface area contributed by atoms with Crippen LogP contribution in [0.4, 0.5) is 5.82 Å². The molecule has 0 aliphatic heterocycles. The molecule has 0 fully saturated rings. The highest BCUT2D eigenvalue weighted by Crippen LogP contribution is 2.20. The van der Waals surface area contributed by atoms with Crippen molar-refractivity contribution in [2.45, 2.75) is 13.8 Å². The molecule has 0 aliphatic carbocycles. The first-order valence-corrected chi connectivity index (χ1v) is 5.08. The van der Waals surface area contributed by atoms with E-state index in [0.29, 0.717) is 5.82 Å². The van der Waals surface area contributed by atoms with Gasteiger partial charge in [-0.1, -0.05) is 23.8 Å². The van der Waals surface area contributed by atoms with E-state index in [0.717, 1.165) is 16.8 Å². The molecule has 17 heavy (non-hydrogen) atoms. The predicted molar refractivity (Wildman–Crippen MR) is 72.0 cm³/mol. The Kier molecular flexibility index (Phi) is 4.43. The third kappa shape index (κ3) is 2.93. The first-order valence-electron chi connectivity index (χ1n) is 5.08. The summed E-state index contributed by atoms with van der Waals surface area (Å²) in [4.78, 5) is 0. The molecule has 0 saturated heterocycles. The van der Waals surface area contributed by atoms with Crippen LogP contribution in [0.3, 0.4) is 0 Å². The fraction of sp³-hybridized carbons (Fsp3) is 0.167. The average molecular weight is 251 g/mol. The van der Waals surface area contributed by atoms with Gasteiger partial charge in [-0.25, -0.2) is 5.84 Å². The molecule has 0 radical (unpaired) electrons. The molecular formula is C12H15ClN4. The van der Waals surface area contributed by atoms with Gasteiger partial charge >= 0.3 is 0 Å². The van der Waals surface area contributed by atoms with Crippen LogP contribution in [-0.4, -0.2) is 10.2 Å². The molecule has 2 rings (SSSR count). The van der Waals surface area contributed by atoms with Crippen molar-refractivity contribution < 1.29 is 0 Å². The molecule has 0 amide bonds. The van der Waals surface area contributed by atoms with Gasteiger partial charge in [-0.3, -0.25) is 0 Å². The summed E-state index contributed by atoms with van der Waals surface area (Å²) in [5.41, 5.74) is 6.63. The number of anilines is 1. The van der Waals surface area contributed by atoms with Crippen molar-refractivity contribution in [3.8, 4) is 11.3 Å². The molecular weight excluding hydrogens is 236 g/mol. The number of rotatable bonds is 2. The van der Waals surface area contributed by atoms with Crippen molar-refractivity contribution in [2.24, 2.45) is 5.84 Å². The van der Waals surface area contributed by atoms with Crippen molar-refractivity contribution in [3.63, 3.8) is 0 Å². The molecule has 0 bridgehead atoms. The minimum absolute atomic E-state index is 0. The maximum Gasteiger partial charge on any atom is 0.165 e. The van der Waals surface area contributed by atoms with Gasteiger partial charge in [-0.05, 0) is 31.5 Å². The van der Waals surface area contributed by atoms with Crippen LogP contribution in [0.1, 0.15) is 11.1 Å². The standard InChI is InChI=1S/C12H14N4.ClH/c1-8-4-3-5-10(6-8)11-7-9(2)12(14-13)16-15-11;/h3-7H,13H2,1-2H3,(H,14,16);1H. The Hall–Kier alpha value is -1.65. The zero-order valence-electron chi connectivity index (χ0n) is 9.77. The second-order valence-electron chi connectivity index (χ2n) is 3.78. The number of nitrogens with one attached hydrogen (secondary N) is 1. The fourth-order valence-electron chi connectivity index (χ4n) is 1.57. The lowest BCUT2D eigenvalue weighted by atomic mass is 10.1. The smallest absolute Gasteiger partial charge is 0.165 e. The third-order valence-corrected chi connectivity index (χ3v) is 2.44. The van der Waals surface area contributed by atoms with Gasteiger partial charge < -0.3 is 5.43 Å². The van der Waals surface area contributed by atoms with E-state index >= 15 is 0 Å². The van der Waals surface area contributed by atoms with Gasteiger partial charge in [0, 0.05) is 5.56 Å². The van der Waals surface area contributed by atoms with Crippen LogP contribution >= 0.6 is 12.4 Å². The molecule has 5 heteroatoms. The van der Waals surface area contributed by atoms with Gasteiger partial charge in [0.15, 0.2) is 5.82 Å². The SMILES string of the molecule is Cc1cccc(-c2cc(C)c(NN)nn2)c1.Cl. The van der Waals surface area contributed by atoms with E-state index in [1.807, 2.05) is 25.1 Å². The van der Waals surface area contributed by atoms with Gasteiger partial charge in [0.05, 0.1) is 5.69 Å². The Bertz CT molecular complexity index is 514. The van der Waals surface area contributed by atoms with Gasteiger partial charge in [0.2, 0.25) is 0 Å². The van der Waals surface area contributed by atoms with Crippen LogP contribution in [0, 0.1) is 13.8 Å². The highest BCUT2D eigenvalue weighted by atomic mass is 35.5. The molecule has 1 heterocycles. The number of aromatic nitrogens is 2. The fourth-order valence-corrected chi connectivity index (χ4v) is 1.57. The molecule has 90 valence electrons. The molecule has 0 aliphatic rings. The lowest BCUT2D eigenvalue weighted by Gasteiger charge is -2.05. The minimum atomic E-state index is 0. The summed E-state index contributed by atoms with van der Waals surface area (Å²) in [6.45, 7) is 4.00. The normalized spacial score (nSPS) is 9.59. The lowest BCUT2D eigenvalue weighted by Crippen LogP contribution is -2.11. The topological polar surface area (TPSA) is 63.8 Å². The van der Waals surface area contributed by atoms with E-state index in [1.165, 1.54) is 5.56 Å². The molecule has 0 unspecified atom stereocenters. The van der Waals surface area contributed by atoms with Gasteiger partial charge in [-0.2, -0.15) is 0 Å². The number of aryl methyl sites for hydroxylation is 2. The van der Waals surface area contributed by atoms with Crippen molar-refractivity contribution in [3.05, 3.63) is 41.5 Å². The average Bonchev–Trinajstić information content (AvgIpc) is 2.29. The molecule has 1 aromatic heterocycles. The van der Waals surface area contributed by atoms with E-state index in [9.17, 15) is 0 Å². The Labute approximate surface area is 107 Å². The van der Waals surface area contributed by atoms with Crippen LogP contribution < -0.4 is 11.3 Å². The number of hydrazine groups is 1. The van der Waals surface area contributed by atoms with E-state index in [1.54, 1.807) is 0 Å². The number of hydrogen-bond donors (Lipinski definition) is 2. The summed E-state index contributed by atoms with van der Waals surface area (Å²) >= 11 is 0. The highest BCUT2D eigenvalue weighted by Gasteiger charge is 2.04. The van der Waals surface area contributed by atoms with E-state index in [4.69, 9.17) is 5.84 Å². The molecule has 0 spiro atoms. The molecule has 2 aromatic rings. The summed E-state index contributed by atoms with van der Waals surface area (Å²) in [6, 6.07) is 10.1. The van der Waals surface area contributed by atoms with Crippen molar-refractivity contribution in [1.82, 2.24) is 10.2 Å². The zero-order chi connectivity index (χ0) is 11.5. The van der Waals surface area contributed by atoms with Gasteiger partial charge in [0.25, 0.3) is 0 Å². The molecule has 0 saturated carbocycles. The van der Waals surface area contributed by atoms with E-state index < -0.39 is 0 Å². The Morgan fingerprint density at radius 1 is 1.12 bits per heavy atom. The van der Waals surface area contributed by atoms with Crippen LogP contribution in [0.25, 0.3) is 11.3 Å². The number of nitrogens with zero attached hydrogens (tertiary/aromatic N) is 2. The lowest BCUT2D eigenvalue weighted by molar-refractivity contribution is 1.01. The number of benzene rings is 1. The summed E-state index contributed by atoms with van der Waals surface area (Å²) in [5.74, 6) is 5.92. The van der Waals surface area contributed by atoms with Gasteiger partial charge in [-0.15, -0.1) is 22.6 Å². The van der Waals surface area contributed by atoms with Gasteiger partial charge in [0.1, 0.15) is 0 Å². The number of nitrogen functional groups attached to an aromatic ring is 1. The summed E-state index contributed by atoms with van der Waals surface area (Å²) in [5, 5.41) is 8.15. The molecule has 4 nitrogen and oxygen atoms in total. The van der Waals surface area contributed by atoms with Crippen molar-refractivity contribution in [1.29, 1.82) is 0 Å². The highest BCUT2D eigenvalue weighted by molar-refractivity contribution is 5.85. The Morgan fingerprint density at radius 3 is 2.47 bits per heavy atom. The maximum absolute atomic E-state index is 5.31. The van der Waals surface area contributed by atoms with Crippen LogP contribution in [0.5, 0.6) is 0 Å². The first kappa shape index (κ1) is 13.4. The summed E-state index contributed by atoms with van der Waals surface area (Å²) in [7, 11) is 0.